The van der Waals surface area contributed by atoms with E-state index in [0.29, 0.717) is 13.0 Å². The van der Waals surface area contributed by atoms with Gasteiger partial charge in [-0.2, -0.15) is 0 Å². The molecule has 2 nitrogen and oxygen atoms in total. The Labute approximate surface area is 125 Å². The summed E-state index contributed by atoms with van der Waals surface area (Å²) >= 11 is 3.46. The van der Waals surface area contributed by atoms with E-state index in [1.54, 1.807) is 17.0 Å². The number of hydrogen-bond acceptors (Lipinski definition) is 1. The van der Waals surface area contributed by atoms with Gasteiger partial charge >= 0.3 is 0 Å². The fourth-order valence-corrected chi connectivity index (χ4v) is 2.88. The number of rotatable bonds is 2. The Morgan fingerprint density at radius 3 is 2.60 bits per heavy atom. The Balaban J connectivity index is 1.93. The summed E-state index contributed by atoms with van der Waals surface area (Å²) in [5.41, 5.74) is 3.05. The van der Waals surface area contributed by atoms with Gasteiger partial charge in [0.2, 0.25) is 5.91 Å². The van der Waals surface area contributed by atoms with E-state index in [0.717, 1.165) is 22.1 Å². The Morgan fingerprint density at radius 2 is 1.85 bits per heavy atom. The van der Waals surface area contributed by atoms with Crippen LogP contribution in [0.15, 0.2) is 46.9 Å². The summed E-state index contributed by atoms with van der Waals surface area (Å²) in [7, 11) is 0. The number of carbonyl (C=O) groups is 1. The molecule has 1 aliphatic rings. The number of fused-ring (bicyclic) bond motifs is 1. The van der Waals surface area contributed by atoms with Gasteiger partial charge in [-0.05, 0) is 47.9 Å². The van der Waals surface area contributed by atoms with Crippen molar-refractivity contribution in [2.45, 2.75) is 19.4 Å². The van der Waals surface area contributed by atoms with Crippen LogP contribution in [0.25, 0.3) is 0 Å². The normalized spacial score (nSPS) is 14.3. The second-order valence-corrected chi connectivity index (χ2v) is 5.80. The molecule has 0 fully saturated rings. The van der Waals surface area contributed by atoms with Gasteiger partial charge < -0.3 is 4.90 Å². The van der Waals surface area contributed by atoms with E-state index in [-0.39, 0.29) is 11.7 Å². The van der Waals surface area contributed by atoms with Gasteiger partial charge in [0.15, 0.2) is 0 Å². The number of nitrogens with zero attached hydrogens (tertiary/aromatic N) is 1. The van der Waals surface area contributed by atoms with Crippen LogP contribution in [0.4, 0.5) is 10.1 Å². The largest absolute Gasteiger partial charge is 0.308 e. The van der Waals surface area contributed by atoms with Crippen molar-refractivity contribution >= 4 is 27.5 Å². The van der Waals surface area contributed by atoms with E-state index in [9.17, 15) is 9.18 Å². The van der Waals surface area contributed by atoms with Crippen LogP contribution in [0.3, 0.4) is 0 Å². The molecule has 0 N–H and O–H groups in total. The topological polar surface area (TPSA) is 20.3 Å². The van der Waals surface area contributed by atoms with E-state index >= 15 is 0 Å². The fraction of sp³-hybridized carbons (Fsp3) is 0.188. The Kier molecular flexibility index (Phi) is 3.57. The predicted octanol–water partition coefficient (Wildman–Crippen LogP) is 4.07. The highest BCUT2D eigenvalue weighted by molar-refractivity contribution is 9.10. The maximum absolute atomic E-state index is 12.9. The molecule has 0 aliphatic carbocycles. The third-order valence-corrected chi connectivity index (χ3v) is 3.99. The Morgan fingerprint density at radius 1 is 1.10 bits per heavy atom. The minimum Gasteiger partial charge on any atom is -0.308 e. The zero-order chi connectivity index (χ0) is 14.1. The van der Waals surface area contributed by atoms with Crippen molar-refractivity contribution in [3.63, 3.8) is 0 Å². The molecule has 0 atom stereocenters. The molecular formula is C16H13BrFNO. The van der Waals surface area contributed by atoms with Crippen molar-refractivity contribution in [1.82, 2.24) is 0 Å². The van der Waals surface area contributed by atoms with Crippen LogP contribution in [-0.2, 0) is 17.8 Å². The molecule has 4 heteroatoms. The second-order valence-electron chi connectivity index (χ2n) is 4.88. The molecule has 20 heavy (non-hydrogen) atoms. The van der Waals surface area contributed by atoms with E-state index in [4.69, 9.17) is 0 Å². The van der Waals surface area contributed by atoms with Crippen molar-refractivity contribution in [2.24, 2.45) is 0 Å². The lowest BCUT2D eigenvalue weighted by molar-refractivity contribution is -0.119. The standard InChI is InChI=1S/C16H13BrFNO/c17-13-4-7-15-12(9-13)3-8-16(20)19(15)10-11-1-5-14(18)6-2-11/h1-2,4-7,9H,3,8,10H2. The molecule has 0 radical (unpaired) electrons. The Hall–Kier alpha value is -1.68. The van der Waals surface area contributed by atoms with Crippen molar-refractivity contribution in [3.8, 4) is 0 Å². The highest BCUT2D eigenvalue weighted by atomic mass is 79.9. The van der Waals surface area contributed by atoms with E-state index < -0.39 is 0 Å². The molecule has 0 bridgehead atoms. The molecule has 0 spiro atoms. The van der Waals surface area contributed by atoms with Gasteiger partial charge in [0.25, 0.3) is 0 Å². The van der Waals surface area contributed by atoms with Gasteiger partial charge in [0.1, 0.15) is 5.82 Å². The summed E-state index contributed by atoms with van der Waals surface area (Å²) in [6, 6.07) is 12.2. The van der Waals surface area contributed by atoms with Gasteiger partial charge in [-0.15, -0.1) is 0 Å². The molecular weight excluding hydrogens is 321 g/mol. The molecule has 1 aliphatic heterocycles. The summed E-state index contributed by atoms with van der Waals surface area (Å²) in [6.45, 7) is 0.480. The lowest BCUT2D eigenvalue weighted by Gasteiger charge is -2.29. The third-order valence-electron chi connectivity index (χ3n) is 3.50. The van der Waals surface area contributed by atoms with Gasteiger partial charge in [0, 0.05) is 16.6 Å². The van der Waals surface area contributed by atoms with Crippen LogP contribution in [0, 0.1) is 5.82 Å². The predicted molar refractivity (Wildman–Crippen MR) is 80.1 cm³/mol. The zero-order valence-corrected chi connectivity index (χ0v) is 12.4. The average Bonchev–Trinajstić information content (AvgIpc) is 2.44. The summed E-state index contributed by atoms with van der Waals surface area (Å²) in [5.74, 6) is -0.146. The van der Waals surface area contributed by atoms with Gasteiger partial charge in [-0.25, -0.2) is 4.39 Å². The van der Waals surface area contributed by atoms with E-state index in [2.05, 4.69) is 22.0 Å². The van der Waals surface area contributed by atoms with Gasteiger partial charge in [-0.3, -0.25) is 4.79 Å². The number of amides is 1. The van der Waals surface area contributed by atoms with Crippen molar-refractivity contribution in [2.75, 3.05) is 4.90 Å². The monoisotopic (exact) mass is 333 g/mol. The average molecular weight is 334 g/mol. The molecule has 2 aromatic carbocycles. The maximum Gasteiger partial charge on any atom is 0.227 e. The molecule has 0 saturated heterocycles. The molecule has 1 amide bonds. The minimum absolute atomic E-state index is 0.115. The summed E-state index contributed by atoms with van der Waals surface area (Å²) < 4.78 is 14.0. The zero-order valence-electron chi connectivity index (χ0n) is 10.8. The molecule has 2 aromatic rings. The smallest absolute Gasteiger partial charge is 0.227 e. The number of aryl methyl sites for hydroxylation is 1. The summed E-state index contributed by atoms with van der Waals surface area (Å²) in [4.78, 5) is 13.9. The van der Waals surface area contributed by atoms with Crippen molar-refractivity contribution in [1.29, 1.82) is 0 Å². The van der Waals surface area contributed by atoms with Crippen molar-refractivity contribution in [3.05, 3.63) is 63.9 Å². The van der Waals surface area contributed by atoms with Crippen LogP contribution in [-0.4, -0.2) is 5.91 Å². The number of hydrogen-bond donors (Lipinski definition) is 0. The summed E-state index contributed by atoms with van der Waals surface area (Å²) in [5, 5.41) is 0. The van der Waals surface area contributed by atoms with Crippen LogP contribution in [0.5, 0.6) is 0 Å². The highest BCUT2D eigenvalue weighted by Crippen LogP contribution is 2.31. The molecule has 0 saturated carbocycles. The van der Waals surface area contributed by atoms with Crippen LogP contribution < -0.4 is 4.90 Å². The Bertz CT molecular complexity index is 654. The van der Waals surface area contributed by atoms with E-state index in [1.165, 1.54) is 17.7 Å². The fourth-order valence-electron chi connectivity index (χ4n) is 2.47. The third kappa shape index (κ3) is 2.61. The lowest BCUT2D eigenvalue weighted by atomic mass is 10.0. The van der Waals surface area contributed by atoms with E-state index in [1.807, 2.05) is 12.1 Å². The number of anilines is 1. The first-order chi connectivity index (χ1) is 9.63. The molecule has 1 heterocycles. The number of halogens is 2. The first-order valence-corrected chi connectivity index (χ1v) is 7.26. The number of benzene rings is 2. The SMILES string of the molecule is O=C1CCc2cc(Br)ccc2N1Cc1ccc(F)cc1. The molecule has 0 aromatic heterocycles. The first-order valence-electron chi connectivity index (χ1n) is 6.47. The minimum atomic E-state index is -0.261. The molecule has 0 unspecified atom stereocenters. The lowest BCUT2D eigenvalue weighted by Crippen LogP contribution is -2.34. The quantitative estimate of drug-likeness (QED) is 0.811. The number of carbonyl (C=O) groups excluding carboxylic acids is 1. The second kappa shape index (κ2) is 5.37. The molecule has 3 rings (SSSR count). The maximum atomic E-state index is 12.9. The van der Waals surface area contributed by atoms with Crippen LogP contribution >= 0.6 is 15.9 Å². The molecule has 102 valence electrons. The highest BCUT2D eigenvalue weighted by Gasteiger charge is 2.24. The summed E-state index contributed by atoms with van der Waals surface area (Å²) in [6.07, 6.45) is 1.29. The van der Waals surface area contributed by atoms with Gasteiger partial charge in [0.05, 0.1) is 6.54 Å². The van der Waals surface area contributed by atoms with Crippen molar-refractivity contribution < 1.29 is 9.18 Å². The first kappa shape index (κ1) is 13.3. The van der Waals surface area contributed by atoms with Gasteiger partial charge in [-0.1, -0.05) is 28.1 Å². The van der Waals surface area contributed by atoms with Crippen LogP contribution in [0.1, 0.15) is 17.5 Å². The van der Waals surface area contributed by atoms with Crippen LogP contribution in [0.2, 0.25) is 0 Å².